The molecule has 188 valence electrons. The summed E-state index contributed by atoms with van der Waals surface area (Å²) in [6.07, 6.45) is 0. The number of ether oxygens (including phenoxy) is 2. The van der Waals surface area contributed by atoms with Gasteiger partial charge in [0.1, 0.15) is 16.5 Å². The number of carbonyl (C=O) groups excluding carboxylic acids is 4. The highest BCUT2D eigenvalue weighted by Crippen LogP contribution is 2.31. The number of hydrogen-bond acceptors (Lipinski definition) is 7. The van der Waals surface area contributed by atoms with E-state index < -0.39 is 23.8 Å². The summed E-state index contributed by atoms with van der Waals surface area (Å²) in [5.41, 5.74) is 2.77. The minimum Gasteiger partial charge on any atom is -0.465 e. The van der Waals surface area contributed by atoms with E-state index in [0.717, 1.165) is 20.5 Å². The third-order valence-electron chi connectivity index (χ3n) is 5.58. The molecule has 37 heavy (non-hydrogen) atoms. The lowest BCUT2D eigenvalue weighted by atomic mass is 10.1. The van der Waals surface area contributed by atoms with Gasteiger partial charge >= 0.3 is 11.9 Å². The molecule has 1 aliphatic rings. The number of imide groups is 1. The highest BCUT2D eigenvalue weighted by molar-refractivity contribution is 9.10. The van der Waals surface area contributed by atoms with Crippen molar-refractivity contribution in [2.24, 2.45) is 0 Å². The van der Waals surface area contributed by atoms with Gasteiger partial charge in [-0.2, -0.15) is 0 Å². The maximum absolute atomic E-state index is 13.0. The molecule has 0 unspecified atom stereocenters. The molecule has 3 aromatic rings. The maximum atomic E-state index is 13.0. The minimum atomic E-state index is -0.708. The first-order valence-electron chi connectivity index (χ1n) is 10.9. The van der Waals surface area contributed by atoms with Crippen LogP contribution in [0.1, 0.15) is 31.8 Å². The predicted octanol–water partition coefficient (Wildman–Crippen LogP) is 5.51. The van der Waals surface area contributed by atoms with Crippen LogP contribution in [0, 0.1) is 13.8 Å². The molecule has 1 aliphatic heterocycles. The Hall–Kier alpha value is -3.95. The van der Waals surface area contributed by atoms with Crippen molar-refractivity contribution in [2.75, 3.05) is 17.3 Å². The summed E-state index contributed by atoms with van der Waals surface area (Å²) in [5.74, 6) is -1.96. The van der Waals surface area contributed by atoms with Gasteiger partial charge in [0.05, 0.1) is 23.9 Å². The Bertz CT molecular complexity index is 1440. The van der Waals surface area contributed by atoms with E-state index in [-0.39, 0.29) is 22.0 Å². The van der Waals surface area contributed by atoms with E-state index in [4.69, 9.17) is 16.3 Å². The minimum absolute atomic E-state index is 0.111. The summed E-state index contributed by atoms with van der Waals surface area (Å²) in [7, 11) is 1.26. The van der Waals surface area contributed by atoms with Crippen LogP contribution in [0.2, 0.25) is 0 Å². The first-order chi connectivity index (χ1) is 17.6. The fourth-order valence-corrected chi connectivity index (χ4v) is 4.65. The molecule has 0 radical (unpaired) electrons. The van der Waals surface area contributed by atoms with E-state index in [2.05, 4.69) is 26.0 Å². The molecule has 0 saturated carbocycles. The van der Waals surface area contributed by atoms with Crippen LogP contribution in [0.3, 0.4) is 0 Å². The smallest absolute Gasteiger partial charge is 0.343 e. The Balaban J connectivity index is 1.48. The van der Waals surface area contributed by atoms with Gasteiger partial charge in [-0.05, 0) is 85.6 Å². The Morgan fingerprint density at radius 2 is 1.41 bits per heavy atom. The zero-order valence-corrected chi connectivity index (χ0v) is 22.3. The first-order valence-corrected chi connectivity index (χ1v) is 12.1. The van der Waals surface area contributed by atoms with Gasteiger partial charge < -0.3 is 14.8 Å². The van der Waals surface area contributed by atoms with Crippen LogP contribution in [-0.2, 0) is 14.3 Å². The first kappa shape index (κ1) is 26.1. The second-order valence-electron chi connectivity index (χ2n) is 8.13. The van der Waals surface area contributed by atoms with Crippen LogP contribution in [0.25, 0.3) is 0 Å². The molecule has 1 heterocycles. The number of carbonyl (C=O) groups is 4. The van der Waals surface area contributed by atoms with E-state index in [0.29, 0.717) is 17.0 Å². The highest BCUT2D eigenvalue weighted by atomic mass is 79.9. The fourth-order valence-electron chi connectivity index (χ4n) is 3.75. The number of amides is 2. The quantitative estimate of drug-likeness (QED) is 0.232. The molecule has 1 N–H and O–H groups in total. The molecule has 0 atom stereocenters. The summed E-state index contributed by atoms with van der Waals surface area (Å²) in [6, 6.07) is 15.7. The van der Waals surface area contributed by atoms with Crippen molar-refractivity contribution >= 4 is 62.7 Å². The summed E-state index contributed by atoms with van der Waals surface area (Å²) in [4.78, 5) is 50.9. The Kier molecular flexibility index (Phi) is 7.47. The van der Waals surface area contributed by atoms with Crippen LogP contribution in [0.5, 0.6) is 5.75 Å². The number of esters is 2. The second-order valence-corrected chi connectivity index (χ2v) is 9.43. The number of methoxy groups -OCH3 is 1. The molecule has 2 amide bonds. The standard InChI is InChI=1S/C27H20BrClN2O6/c1-14-12-18(28)13-15(2)23(14)37-27(35)17-4-8-19(9-5-17)30-22-21(29)24(32)31(25(22)33)20-10-6-16(7-11-20)26(34)36-3/h4-13,30H,1-3H3. The van der Waals surface area contributed by atoms with Crippen molar-refractivity contribution in [2.45, 2.75) is 13.8 Å². The average molecular weight is 584 g/mol. The number of hydrogen-bond donors (Lipinski definition) is 1. The van der Waals surface area contributed by atoms with Crippen LogP contribution in [0.15, 0.2) is 75.9 Å². The summed E-state index contributed by atoms with van der Waals surface area (Å²) in [5, 5.41) is 2.57. The van der Waals surface area contributed by atoms with E-state index in [9.17, 15) is 19.2 Å². The predicted molar refractivity (Wildman–Crippen MR) is 142 cm³/mol. The lowest BCUT2D eigenvalue weighted by molar-refractivity contribution is -0.120. The van der Waals surface area contributed by atoms with Gasteiger partial charge in [-0.3, -0.25) is 9.59 Å². The van der Waals surface area contributed by atoms with E-state index in [1.165, 1.54) is 43.5 Å². The summed E-state index contributed by atoms with van der Waals surface area (Å²) in [6.45, 7) is 3.70. The Labute approximate surface area is 225 Å². The van der Waals surface area contributed by atoms with Gasteiger partial charge in [0.2, 0.25) is 0 Å². The molecular formula is C27H20BrClN2O6. The van der Waals surface area contributed by atoms with Crippen molar-refractivity contribution in [3.8, 4) is 5.75 Å². The van der Waals surface area contributed by atoms with E-state index in [1.54, 1.807) is 12.1 Å². The molecule has 4 rings (SSSR count). The number of benzene rings is 3. The Morgan fingerprint density at radius 1 is 0.865 bits per heavy atom. The molecule has 0 fully saturated rings. The molecule has 10 heteroatoms. The van der Waals surface area contributed by atoms with E-state index >= 15 is 0 Å². The molecule has 0 spiro atoms. The number of nitrogens with zero attached hydrogens (tertiary/aromatic N) is 1. The fraction of sp³-hybridized carbons (Fsp3) is 0.111. The average Bonchev–Trinajstić information content (AvgIpc) is 3.09. The monoisotopic (exact) mass is 582 g/mol. The third-order valence-corrected chi connectivity index (χ3v) is 6.39. The van der Waals surface area contributed by atoms with Gasteiger partial charge in [0, 0.05) is 10.2 Å². The lowest BCUT2D eigenvalue weighted by Crippen LogP contribution is -2.32. The number of nitrogens with one attached hydrogen (secondary N) is 1. The maximum Gasteiger partial charge on any atom is 0.343 e. The molecule has 0 aliphatic carbocycles. The van der Waals surface area contributed by atoms with Crippen molar-refractivity contribution in [1.82, 2.24) is 0 Å². The zero-order chi connectivity index (χ0) is 26.9. The van der Waals surface area contributed by atoms with Crippen molar-refractivity contribution in [3.05, 3.63) is 98.1 Å². The van der Waals surface area contributed by atoms with Crippen LogP contribution in [-0.4, -0.2) is 30.9 Å². The number of anilines is 2. The number of aryl methyl sites for hydroxylation is 2. The normalized spacial score (nSPS) is 13.2. The molecular weight excluding hydrogens is 564 g/mol. The molecule has 0 bridgehead atoms. The largest absolute Gasteiger partial charge is 0.465 e. The zero-order valence-electron chi connectivity index (χ0n) is 19.9. The molecule has 0 saturated heterocycles. The van der Waals surface area contributed by atoms with Crippen LogP contribution >= 0.6 is 27.5 Å². The van der Waals surface area contributed by atoms with Gasteiger partial charge in [-0.25, -0.2) is 14.5 Å². The van der Waals surface area contributed by atoms with Crippen LogP contribution < -0.4 is 15.0 Å². The van der Waals surface area contributed by atoms with Crippen LogP contribution in [0.4, 0.5) is 11.4 Å². The lowest BCUT2D eigenvalue weighted by Gasteiger charge is -2.15. The van der Waals surface area contributed by atoms with Gasteiger partial charge in [0.25, 0.3) is 11.8 Å². The summed E-state index contributed by atoms with van der Waals surface area (Å²) >= 11 is 9.60. The topological polar surface area (TPSA) is 102 Å². The molecule has 3 aromatic carbocycles. The van der Waals surface area contributed by atoms with Crippen molar-refractivity contribution < 1.29 is 28.7 Å². The molecule has 0 aromatic heterocycles. The van der Waals surface area contributed by atoms with Gasteiger partial charge in [-0.15, -0.1) is 0 Å². The number of rotatable bonds is 6. The SMILES string of the molecule is COC(=O)c1ccc(N2C(=O)C(Cl)=C(Nc3ccc(C(=O)Oc4c(C)cc(Br)cc4C)cc3)C2=O)cc1. The molecule has 8 nitrogen and oxygen atoms in total. The summed E-state index contributed by atoms with van der Waals surface area (Å²) < 4.78 is 11.1. The van der Waals surface area contributed by atoms with Crippen molar-refractivity contribution in [3.63, 3.8) is 0 Å². The van der Waals surface area contributed by atoms with Gasteiger partial charge in [0.15, 0.2) is 0 Å². The highest BCUT2D eigenvalue weighted by Gasteiger charge is 2.39. The Morgan fingerprint density at radius 3 is 1.97 bits per heavy atom. The number of halogens is 2. The second kappa shape index (κ2) is 10.6. The van der Waals surface area contributed by atoms with E-state index in [1.807, 2.05) is 26.0 Å². The third kappa shape index (κ3) is 5.28. The van der Waals surface area contributed by atoms with Gasteiger partial charge in [-0.1, -0.05) is 27.5 Å². The van der Waals surface area contributed by atoms with Crippen molar-refractivity contribution in [1.29, 1.82) is 0 Å².